The molecule has 1 N–H and O–H groups in total. The van der Waals surface area contributed by atoms with Crippen LogP contribution in [0.2, 0.25) is 0 Å². The minimum Gasteiger partial charge on any atom is -0.480 e. The SMILES string of the molecule is C=CCN(CC(=O)O)C(=O)c1ccc(N(C)C)cc1. The van der Waals surface area contributed by atoms with Crippen LogP contribution in [-0.4, -0.2) is 49.1 Å². The Hall–Kier alpha value is -2.30. The normalized spacial score (nSPS) is 9.79. The van der Waals surface area contributed by atoms with Gasteiger partial charge in [0.05, 0.1) is 0 Å². The van der Waals surface area contributed by atoms with Crippen molar-refractivity contribution in [1.29, 1.82) is 0 Å². The summed E-state index contributed by atoms with van der Waals surface area (Å²) >= 11 is 0. The van der Waals surface area contributed by atoms with Crippen LogP contribution < -0.4 is 4.90 Å². The summed E-state index contributed by atoms with van der Waals surface area (Å²) in [6.07, 6.45) is 1.51. The maximum absolute atomic E-state index is 12.2. The van der Waals surface area contributed by atoms with Crippen molar-refractivity contribution < 1.29 is 14.7 Å². The molecule has 0 radical (unpaired) electrons. The number of carbonyl (C=O) groups excluding carboxylic acids is 1. The van der Waals surface area contributed by atoms with E-state index < -0.39 is 5.97 Å². The van der Waals surface area contributed by atoms with Gasteiger partial charge in [0.1, 0.15) is 6.54 Å². The Balaban J connectivity index is 2.89. The second-order valence-corrected chi connectivity index (χ2v) is 4.31. The lowest BCUT2D eigenvalue weighted by Crippen LogP contribution is -2.35. The van der Waals surface area contributed by atoms with Crippen molar-refractivity contribution in [2.45, 2.75) is 0 Å². The number of hydrogen-bond donors (Lipinski definition) is 1. The van der Waals surface area contributed by atoms with E-state index in [4.69, 9.17) is 5.11 Å². The maximum atomic E-state index is 12.2. The first-order chi connectivity index (χ1) is 8.95. The summed E-state index contributed by atoms with van der Waals surface area (Å²) in [4.78, 5) is 26.0. The molecule has 0 saturated heterocycles. The number of benzene rings is 1. The van der Waals surface area contributed by atoms with E-state index in [-0.39, 0.29) is 19.0 Å². The summed E-state index contributed by atoms with van der Waals surface area (Å²) in [5.74, 6) is -1.35. The second kappa shape index (κ2) is 6.58. The lowest BCUT2D eigenvalue weighted by molar-refractivity contribution is -0.137. The first-order valence-corrected chi connectivity index (χ1v) is 5.85. The first kappa shape index (κ1) is 14.8. The van der Waals surface area contributed by atoms with E-state index in [0.29, 0.717) is 5.56 Å². The smallest absolute Gasteiger partial charge is 0.323 e. The monoisotopic (exact) mass is 262 g/mol. The number of aliphatic carboxylic acids is 1. The van der Waals surface area contributed by atoms with Crippen molar-refractivity contribution in [2.75, 3.05) is 32.1 Å². The zero-order valence-electron chi connectivity index (χ0n) is 11.2. The third-order valence-electron chi connectivity index (χ3n) is 2.59. The zero-order valence-corrected chi connectivity index (χ0v) is 11.2. The summed E-state index contributed by atoms with van der Waals surface area (Å²) in [6, 6.07) is 7.02. The molecule has 19 heavy (non-hydrogen) atoms. The van der Waals surface area contributed by atoms with Crippen molar-refractivity contribution in [2.24, 2.45) is 0 Å². The van der Waals surface area contributed by atoms with E-state index in [1.54, 1.807) is 12.1 Å². The number of hydrogen-bond acceptors (Lipinski definition) is 3. The molecule has 0 fully saturated rings. The van der Waals surface area contributed by atoms with Gasteiger partial charge in [-0.15, -0.1) is 6.58 Å². The fraction of sp³-hybridized carbons (Fsp3) is 0.286. The van der Waals surface area contributed by atoms with E-state index in [1.807, 2.05) is 31.1 Å². The molecule has 0 aliphatic rings. The second-order valence-electron chi connectivity index (χ2n) is 4.31. The molecule has 102 valence electrons. The third-order valence-corrected chi connectivity index (χ3v) is 2.59. The van der Waals surface area contributed by atoms with Gasteiger partial charge in [0, 0.05) is 31.9 Å². The number of rotatable bonds is 6. The van der Waals surface area contributed by atoms with Gasteiger partial charge in [-0.05, 0) is 24.3 Å². The number of anilines is 1. The molecule has 0 bridgehead atoms. The molecule has 0 aliphatic heterocycles. The molecule has 1 aromatic carbocycles. The van der Waals surface area contributed by atoms with Crippen molar-refractivity contribution >= 4 is 17.6 Å². The highest BCUT2D eigenvalue weighted by atomic mass is 16.4. The standard InChI is InChI=1S/C14H18N2O3/c1-4-9-16(10-13(17)18)14(19)11-5-7-12(8-6-11)15(2)3/h4-8H,1,9-10H2,2-3H3,(H,17,18). The minimum atomic E-state index is -1.04. The minimum absolute atomic E-state index is 0.209. The Kier molecular flexibility index (Phi) is 5.11. The van der Waals surface area contributed by atoms with Gasteiger partial charge in [0.15, 0.2) is 0 Å². The molecule has 0 aromatic heterocycles. The van der Waals surface area contributed by atoms with Crippen molar-refractivity contribution in [3.05, 3.63) is 42.5 Å². The van der Waals surface area contributed by atoms with Crippen LogP contribution in [0.3, 0.4) is 0 Å². The number of nitrogens with zero attached hydrogens (tertiary/aromatic N) is 2. The van der Waals surface area contributed by atoms with E-state index in [1.165, 1.54) is 11.0 Å². The van der Waals surface area contributed by atoms with Crippen LogP contribution in [0.5, 0.6) is 0 Å². The van der Waals surface area contributed by atoms with Crippen LogP contribution in [0.25, 0.3) is 0 Å². The Morgan fingerprint density at radius 3 is 2.26 bits per heavy atom. The highest BCUT2D eigenvalue weighted by Crippen LogP contribution is 2.13. The molecule has 5 heteroatoms. The van der Waals surface area contributed by atoms with Gasteiger partial charge in [-0.3, -0.25) is 9.59 Å². The molecule has 1 amide bonds. The van der Waals surface area contributed by atoms with Crippen molar-refractivity contribution in [1.82, 2.24) is 4.90 Å². The average Bonchev–Trinajstić information content (AvgIpc) is 2.37. The Bertz CT molecular complexity index is 466. The molecule has 0 atom stereocenters. The molecule has 1 rings (SSSR count). The van der Waals surface area contributed by atoms with Crippen LogP contribution in [0.1, 0.15) is 10.4 Å². The third kappa shape index (κ3) is 4.13. The van der Waals surface area contributed by atoms with Crippen molar-refractivity contribution in [3.8, 4) is 0 Å². The number of carbonyl (C=O) groups is 2. The Morgan fingerprint density at radius 2 is 1.84 bits per heavy atom. The van der Waals surface area contributed by atoms with E-state index in [0.717, 1.165) is 5.69 Å². The molecule has 1 aromatic rings. The fourth-order valence-electron chi connectivity index (χ4n) is 1.62. The van der Waals surface area contributed by atoms with E-state index >= 15 is 0 Å². The molecule has 0 unspecified atom stereocenters. The maximum Gasteiger partial charge on any atom is 0.323 e. The summed E-state index contributed by atoms with van der Waals surface area (Å²) in [7, 11) is 3.82. The molecular weight excluding hydrogens is 244 g/mol. The number of carboxylic acids is 1. The van der Waals surface area contributed by atoms with Crippen LogP contribution >= 0.6 is 0 Å². The summed E-state index contributed by atoms with van der Waals surface area (Å²) in [5, 5.41) is 8.79. The van der Waals surface area contributed by atoms with Crippen molar-refractivity contribution in [3.63, 3.8) is 0 Å². The highest BCUT2D eigenvalue weighted by molar-refractivity contribution is 5.96. The molecule has 5 nitrogen and oxygen atoms in total. The predicted octanol–water partition coefficient (Wildman–Crippen LogP) is 1.47. The van der Waals surface area contributed by atoms with Crippen LogP contribution in [-0.2, 0) is 4.79 Å². The quantitative estimate of drug-likeness (QED) is 0.789. The molecule has 0 spiro atoms. The summed E-state index contributed by atoms with van der Waals surface area (Å²) < 4.78 is 0. The van der Waals surface area contributed by atoms with E-state index in [2.05, 4.69) is 6.58 Å². The molecule has 0 saturated carbocycles. The Labute approximate surface area is 112 Å². The van der Waals surface area contributed by atoms with E-state index in [9.17, 15) is 9.59 Å². The van der Waals surface area contributed by atoms with Gasteiger partial charge in [0.2, 0.25) is 0 Å². The predicted molar refractivity (Wildman–Crippen MR) is 74.5 cm³/mol. The van der Waals surface area contributed by atoms with Crippen LogP contribution in [0.15, 0.2) is 36.9 Å². The Morgan fingerprint density at radius 1 is 1.26 bits per heavy atom. The highest BCUT2D eigenvalue weighted by Gasteiger charge is 2.17. The lowest BCUT2D eigenvalue weighted by atomic mass is 10.1. The van der Waals surface area contributed by atoms with Gasteiger partial charge < -0.3 is 14.9 Å². The zero-order chi connectivity index (χ0) is 14.4. The molecular formula is C14H18N2O3. The lowest BCUT2D eigenvalue weighted by Gasteiger charge is -2.19. The van der Waals surface area contributed by atoms with Crippen LogP contribution in [0, 0.1) is 0 Å². The first-order valence-electron chi connectivity index (χ1n) is 5.85. The van der Waals surface area contributed by atoms with Crippen LogP contribution in [0.4, 0.5) is 5.69 Å². The van der Waals surface area contributed by atoms with Gasteiger partial charge in [0.25, 0.3) is 5.91 Å². The largest absolute Gasteiger partial charge is 0.480 e. The van der Waals surface area contributed by atoms with Gasteiger partial charge in [-0.2, -0.15) is 0 Å². The number of carboxylic acid groups (broad SMARTS) is 1. The summed E-state index contributed by atoms with van der Waals surface area (Å²) in [6.45, 7) is 3.40. The topological polar surface area (TPSA) is 60.9 Å². The average molecular weight is 262 g/mol. The summed E-state index contributed by atoms with van der Waals surface area (Å²) in [5.41, 5.74) is 1.44. The fourth-order valence-corrected chi connectivity index (χ4v) is 1.62. The van der Waals surface area contributed by atoms with Gasteiger partial charge in [-0.1, -0.05) is 6.08 Å². The van der Waals surface area contributed by atoms with Gasteiger partial charge >= 0.3 is 5.97 Å². The molecule has 0 aliphatic carbocycles. The van der Waals surface area contributed by atoms with Gasteiger partial charge in [-0.25, -0.2) is 0 Å². The molecule has 0 heterocycles. The number of amides is 1.